The number of benzene rings is 3. The average molecular weight is 486 g/mol. The maximum Gasteiger partial charge on any atom is 0.258 e. The van der Waals surface area contributed by atoms with Gasteiger partial charge in [0.2, 0.25) is 0 Å². The minimum atomic E-state index is -0.0343. The molecule has 1 saturated heterocycles. The molecule has 0 bridgehead atoms. The summed E-state index contributed by atoms with van der Waals surface area (Å²) in [7, 11) is 2.28. The first kappa shape index (κ1) is 24.8. The van der Waals surface area contributed by atoms with Gasteiger partial charge in [0.15, 0.2) is 6.61 Å². The molecule has 1 amide bonds. The lowest BCUT2D eigenvalue weighted by Gasteiger charge is -2.32. The number of piperidine rings is 1. The zero-order chi connectivity index (χ0) is 24.9. The largest absolute Gasteiger partial charge is 0.484 e. The van der Waals surface area contributed by atoms with E-state index < -0.39 is 0 Å². The van der Waals surface area contributed by atoms with Crippen LogP contribution in [0.1, 0.15) is 62.1 Å². The average Bonchev–Trinajstić information content (AvgIpc) is 3.42. The third kappa shape index (κ3) is 5.74. The second kappa shape index (κ2) is 11.4. The lowest BCUT2D eigenvalue weighted by atomic mass is 9.96. The van der Waals surface area contributed by atoms with Crippen molar-refractivity contribution in [1.29, 1.82) is 0 Å². The van der Waals surface area contributed by atoms with E-state index in [1.807, 2.05) is 12.1 Å². The van der Waals surface area contributed by atoms with Crippen LogP contribution < -0.4 is 15.4 Å². The SMILES string of the molecule is C[C@H](c1cccc2ccccc12)N(C)[C@H]1CC[C@@H](c2ccc(OCC(=O)NC3CCNCC3)cc2)C1. The highest BCUT2D eigenvalue weighted by Gasteiger charge is 2.31. The fourth-order valence-corrected chi connectivity index (χ4v) is 6.00. The van der Waals surface area contributed by atoms with Crippen molar-refractivity contribution in [3.63, 3.8) is 0 Å². The number of carbonyl (C=O) groups is 1. The van der Waals surface area contributed by atoms with Crippen LogP contribution in [0.2, 0.25) is 0 Å². The van der Waals surface area contributed by atoms with Crippen molar-refractivity contribution in [3.05, 3.63) is 77.9 Å². The summed E-state index contributed by atoms with van der Waals surface area (Å²) in [5, 5.41) is 9.07. The second-order valence-electron chi connectivity index (χ2n) is 10.5. The predicted molar refractivity (Wildman–Crippen MR) is 146 cm³/mol. The van der Waals surface area contributed by atoms with E-state index in [9.17, 15) is 4.79 Å². The minimum absolute atomic E-state index is 0.0343. The number of nitrogens with zero attached hydrogens (tertiary/aromatic N) is 1. The molecule has 1 saturated carbocycles. The number of fused-ring (bicyclic) bond motifs is 1. The highest BCUT2D eigenvalue weighted by Crippen LogP contribution is 2.40. The fraction of sp³-hybridized carbons (Fsp3) is 0.452. The first-order valence-corrected chi connectivity index (χ1v) is 13.5. The van der Waals surface area contributed by atoms with E-state index in [0.717, 1.165) is 31.7 Å². The first-order valence-electron chi connectivity index (χ1n) is 13.5. The standard InChI is InChI=1S/C31H39N3O2/c1-22(29-9-5-7-24-6-3-4-8-30(24)29)34(2)27-13-10-25(20-27)23-11-14-28(15-12-23)36-21-31(35)33-26-16-18-32-19-17-26/h3-9,11-12,14-15,22,25-27,32H,10,13,16-21H2,1-2H3,(H,33,35)/t22-,25-,27+/m1/s1. The molecule has 3 atom stereocenters. The Balaban J connectivity index is 1.14. The van der Waals surface area contributed by atoms with Crippen molar-refractivity contribution < 1.29 is 9.53 Å². The van der Waals surface area contributed by atoms with E-state index in [1.54, 1.807) is 0 Å². The molecule has 190 valence electrons. The molecule has 3 aromatic carbocycles. The number of rotatable bonds is 8. The molecule has 2 N–H and O–H groups in total. The Kier molecular flexibility index (Phi) is 7.88. The molecule has 2 aliphatic rings. The Bertz CT molecular complexity index is 1150. The van der Waals surface area contributed by atoms with Gasteiger partial charge in [-0.25, -0.2) is 0 Å². The van der Waals surface area contributed by atoms with E-state index in [1.165, 1.54) is 41.2 Å². The zero-order valence-corrected chi connectivity index (χ0v) is 21.6. The molecule has 1 aliphatic carbocycles. The summed E-state index contributed by atoms with van der Waals surface area (Å²) in [5.74, 6) is 1.29. The van der Waals surface area contributed by atoms with Gasteiger partial charge in [0.1, 0.15) is 5.75 Å². The van der Waals surface area contributed by atoms with E-state index in [4.69, 9.17) is 4.74 Å². The maximum absolute atomic E-state index is 12.2. The van der Waals surface area contributed by atoms with Gasteiger partial charge in [0, 0.05) is 18.1 Å². The van der Waals surface area contributed by atoms with E-state index in [0.29, 0.717) is 18.0 Å². The third-order valence-corrected chi connectivity index (χ3v) is 8.29. The molecule has 1 heterocycles. The summed E-state index contributed by atoms with van der Waals surface area (Å²) in [5.41, 5.74) is 2.78. The normalized spacial score (nSPS) is 21.5. The molecule has 3 aromatic rings. The summed E-state index contributed by atoms with van der Waals surface area (Å²) in [6.45, 7) is 4.34. The van der Waals surface area contributed by atoms with Crippen LogP contribution >= 0.6 is 0 Å². The van der Waals surface area contributed by atoms with Gasteiger partial charge >= 0.3 is 0 Å². The molecule has 0 radical (unpaired) electrons. The molecule has 2 fully saturated rings. The van der Waals surface area contributed by atoms with Crippen molar-refractivity contribution in [2.75, 3.05) is 26.7 Å². The summed E-state index contributed by atoms with van der Waals surface area (Å²) < 4.78 is 5.77. The molecule has 5 rings (SSSR count). The predicted octanol–water partition coefficient (Wildman–Crippen LogP) is 5.42. The van der Waals surface area contributed by atoms with Gasteiger partial charge < -0.3 is 15.4 Å². The first-order chi connectivity index (χ1) is 17.6. The number of carbonyl (C=O) groups excluding carboxylic acids is 1. The van der Waals surface area contributed by atoms with Crippen LogP contribution in [0, 0.1) is 0 Å². The lowest BCUT2D eigenvalue weighted by molar-refractivity contribution is -0.123. The molecule has 0 aromatic heterocycles. The lowest BCUT2D eigenvalue weighted by Crippen LogP contribution is -2.44. The van der Waals surface area contributed by atoms with E-state index in [2.05, 4.69) is 84.1 Å². The van der Waals surface area contributed by atoms with E-state index in [-0.39, 0.29) is 18.6 Å². The van der Waals surface area contributed by atoms with Crippen molar-refractivity contribution in [2.24, 2.45) is 0 Å². The Morgan fingerprint density at radius 1 is 1.00 bits per heavy atom. The van der Waals surface area contributed by atoms with Crippen molar-refractivity contribution in [2.45, 2.75) is 63.1 Å². The smallest absolute Gasteiger partial charge is 0.258 e. The highest BCUT2D eigenvalue weighted by atomic mass is 16.5. The quantitative estimate of drug-likeness (QED) is 0.448. The molecular weight excluding hydrogens is 446 g/mol. The van der Waals surface area contributed by atoms with Crippen molar-refractivity contribution in [3.8, 4) is 5.75 Å². The number of nitrogens with one attached hydrogen (secondary N) is 2. The van der Waals surface area contributed by atoms with Crippen LogP contribution in [-0.2, 0) is 4.79 Å². The topological polar surface area (TPSA) is 53.6 Å². The number of ether oxygens (including phenoxy) is 1. The van der Waals surface area contributed by atoms with Gasteiger partial charge in [-0.05, 0) is 99.1 Å². The van der Waals surface area contributed by atoms with Gasteiger partial charge in [-0.2, -0.15) is 0 Å². The van der Waals surface area contributed by atoms with Gasteiger partial charge in [0.25, 0.3) is 5.91 Å². The molecular formula is C31H39N3O2. The van der Waals surface area contributed by atoms with Crippen LogP contribution in [-0.4, -0.2) is 49.6 Å². The monoisotopic (exact) mass is 485 g/mol. The van der Waals surface area contributed by atoms with Crippen molar-refractivity contribution >= 4 is 16.7 Å². The van der Waals surface area contributed by atoms with Crippen LogP contribution in [0.3, 0.4) is 0 Å². The molecule has 1 aliphatic heterocycles. The van der Waals surface area contributed by atoms with E-state index >= 15 is 0 Å². The maximum atomic E-state index is 12.2. The Morgan fingerprint density at radius 3 is 2.56 bits per heavy atom. The third-order valence-electron chi connectivity index (χ3n) is 8.29. The van der Waals surface area contributed by atoms with Gasteiger partial charge in [0.05, 0.1) is 0 Å². The Hall–Kier alpha value is -2.89. The molecule has 5 nitrogen and oxygen atoms in total. The molecule has 0 unspecified atom stereocenters. The van der Waals surface area contributed by atoms with Crippen LogP contribution in [0.5, 0.6) is 5.75 Å². The summed E-state index contributed by atoms with van der Waals surface area (Å²) >= 11 is 0. The Labute approximate surface area is 215 Å². The highest BCUT2D eigenvalue weighted by molar-refractivity contribution is 5.86. The van der Waals surface area contributed by atoms with Gasteiger partial charge in [-0.1, -0.05) is 54.6 Å². The van der Waals surface area contributed by atoms with Gasteiger partial charge in [-0.3, -0.25) is 9.69 Å². The van der Waals surface area contributed by atoms with Crippen molar-refractivity contribution in [1.82, 2.24) is 15.5 Å². The molecule has 36 heavy (non-hydrogen) atoms. The molecule has 5 heteroatoms. The summed E-state index contributed by atoms with van der Waals surface area (Å²) in [4.78, 5) is 14.8. The number of hydrogen-bond acceptors (Lipinski definition) is 4. The van der Waals surface area contributed by atoms with Crippen LogP contribution in [0.15, 0.2) is 66.7 Å². The second-order valence-corrected chi connectivity index (χ2v) is 10.5. The van der Waals surface area contributed by atoms with Crippen LogP contribution in [0.25, 0.3) is 10.8 Å². The van der Waals surface area contributed by atoms with Gasteiger partial charge in [-0.15, -0.1) is 0 Å². The zero-order valence-electron chi connectivity index (χ0n) is 21.6. The van der Waals surface area contributed by atoms with Crippen LogP contribution in [0.4, 0.5) is 0 Å². The number of amides is 1. The summed E-state index contributed by atoms with van der Waals surface area (Å²) in [6.07, 6.45) is 5.56. The fourth-order valence-electron chi connectivity index (χ4n) is 6.00. The molecule has 0 spiro atoms. The minimum Gasteiger partial charge on any atom is -0.484 e. The number of hydrogen-bond donors (Lipinski definition) is 2. The summed E-state index contributed by atoms with van der Waals surface area (Å²) in [6, 6.07) is 25.0. The Morgan fingerprint density at radius 2 is 1.75 bits per heavy atom.